The molecular formula is C21H22N2O3. The first-order valence-electron chi connectivity index (χ1n) is 8.69. The molecular weight excluding hydrogens is 328 g/mol. The van der Waals surface area contributed by atoms with Crippen molar-refractivity contribution in [3.63, 3.8) is 0 Å². The Morgan fingerprint density at radius 3 is 2.58 bits per heavy atom. The molecule has 0 saturated heterocycles. The molecule has 0 aliphatic rings. The van der Waals surface area contributed by atoms with Crippen LogP contribution in [-0.2, 0) is 11.3 Å². The van der Waals surface area contributed by atoms with Crippen LogP contribution >= 0.6 is 0 Å². The number of carbonyl (C=O) groups excluding carboxylic acids is 1. The maximum atomic E-state index is 12.5. The van der Waals surface area contributed by atoms with E-state index in [9.17, 15) is 9.59 Å². The normalized spacial score (nSPS) is 11.9. The number of ether oxygens (including phenoxy) is 1. The van der Waals surface area contributed by atoms with E-state index < -0.39 is 0 Å². The summed E-state index contributed by atoms with van der Waals surface area (Å²) in [6.07, 6.45) is 1.66. The van der Waals surface area contributed by atoms with Crippen LogP contribution < -0.4 is 15.5 Å². The Morgan fingerprint density at radius 2 is 1.85 bits per heavy atom. The summed E-state index contributed by atoms with van der Waals surface area (Å²) in [6.45, 7) is 4.66. The van der Waals surface area contributed by atoms with E-state index in [1.165, 1.54) is 6.07 Å². The maximum Gasteiger partial charge on any atom is 0.240 e. The van der Waals surface area contributed by atoms with Gasteiger partial charge in [0.15, 0.2) is 5.43 Å². The van der Waals surface area contributed by atoms with E-state index in [0.29, 0.717) is 12.0 Å². The molecule has 1 N–H and O–H groups in total. The summed E-state index contributed by atoms with van der Waals surface area (Å²) in [5, 5.41) is 3.61. The van der Waals surface area contributed by atoms with Crippen LogP contribution in [-0.4, -0.2) is 17.1 Å². The van der Waals surface area contributed by atoms with E-state index in [-0.39, 0.29) is 23.9 Å². The van der Waals surface area contributed by atoms with E-state index in [1.807, 2.05) is 56.3 Å². The van der Waals surface area contributed by atoms with E-state index in [4.69, 9.17) is 4.74 Å². The molecule has 0 saturated carbocycles. The molecule has 0 spiro atoms. The first kappa shape index (κ1) is 17.7. The third-order valence-corrected chi connectivity index (χ3v) is 4.27. The average Bonchev–Trinajstić information content (AvgIpc) is 2.65. The van der Waals surface area contributed by atoms with Crippen LogP contribution in [0.2, 0.25) is 0 Å². The fourth-order valence-corrected chi connectivity index (χ4v) is 2.94. The van der Waals surface area contributed by atoms with Gasteiger partial charge in [-0.3, -0.25) is 9.59 Å². The van der Waals surface area contributed by atoms with Gasteiger partial charge in [0.25, 0.3) is 0 Å². The lowest BCUT2D eigenvalue weighted by molar-refractivity contribution is -0.122. The second-order valence-corrected chi connectivity index (χ2v) is 6.12. The predicted octanol–water partition coefficient (Wildman–Crippen LogP) is 3.28. The zero-order valence-corrected chi connectivity index (χ0v) is 14.9. The topological polar surface area (TPSA) is 60.3 Å². The Morgan fingerprint density at radius 1 is 1.12 bits per heavy atom. The molecule has 0 aliphatic carbocycles. The number of benzene rings is 2. The number of amides is 1. The molecule has 1 heterocycles. The lowest BCUT2D eigenvalue weighted by Gasteiger charge is -2.16. The highest BCUT2D eigenvalue weighted by molar-refractivity contribution is 5.82. The molecule has 5 nitrogen and oxygen atoms in total. The van der Waals surface area contributed by atoms with Gasteiger partial charge in [0.2, 0.25) is 5.91 Å². The van der Waals surface area contributed by atoms with Crippen LogP contribution in [0, 0.1) is 0 Å². The van der Waals surface area contributed by atoms with Crippen LogP contribution in [0.25, 0.3) is 10.9 Å². The zero-order valence-electron chi connectivity index (χ0n) is 14.9. The summed E-state index contributed by atoms with van der Waals surface area (Å²) in [4.78, 5) is 24.4. The van der Waals surface area contributed by atoms with Crippen LogP contribution in [0.5, 0.6) is 5.75 Å². The summed E-state index contributed by atoms with van der Waals surface area (Å²) < 4.78 is 7.22. The number of para-hydroxylation sites is 1. The minimum Gasteiger partial charge on any atom is -0.494 e. The van der Waals surface area contributed by atoms with Crippen molar-refractivity contribution >= 4 is 16.8 Å². The van der Waals surface area contributed by atoms with Gasteiger partial charge in [-0.2, -0.15) is 0 Å². The number of nitrogens with zero attached hydrogens (tertiary/aromatic N) is 1. The molecule has 1 aromatic heterocycles. The molecule has 3 aromatic rings. The highest BCUT2D eigenvalue weighted by atomic mass is 16.5. The standard InChI is InChI=1S/C21H22N2O3/c1-3-26-17-10-8-16(9-11-17)15(2)22-21(25)14-23-13-12-20(24)18-6-4-5-7-19(18)23/h4-13,15H,3,14H2,1-2H3,(H,22,25). The molecule has 134 valence electrons. The summed E-state index contributed by atoms with van der Waals surface area (Å²) in [5.41, 5.74) is 1.72. The van der Waals surface area contributed by atoms with Crippen LogP contribution in [0.15, 0.2) is 65.6 Å². The van der Waals surface area contributed by atoms with Crippen molar-refractivity contribution in [2.24, 2.45) is 0 Å². The average molecular weight is 350 g/mol. The highest BCUT2D eigenvalue weighted by Gasteiger charge is 2.11. The van der Waals surface area contributed by atoms with Gasteiger partial charge in [0.05, 0.1) is 18.2 Å². The van der Waals surface area contributed by atoms with Gasteiger partial charge in [-0.25, -0.2) is 0 Å². The minimum absolute atomic E-state index is 0.0417. The van der Waals surface area contributed by atoms with Crippen LogP contribution in [0.3, 0.4) is 0 Å². The van der Waals surface area contributed by atoms with Crippen molar-refractivity contribution in [2.75, 3.05) is 6.61 Å². The summed E-state index contributed by atoms with van der Waals surface area (Å²) in [6, 6.07) is 16.4. The monoisotopic (exact) mass is 350 g/mol. The summed E-state index contributed by atoms with van der Waals surface area (Å²) >= 11 is 0. The quantitative estimate of drug-likeness (QED) is 0.742. The van der Waals surface area contributed by atoms with E-state index in [2.05, 4.69) is 5.32 Å². The highest BCUT2D eigenvalue weighted by Crippen LogP contribution is 2.18. The van der Waals surface area contributed by atoms with Crippen molar-refractivity contribution < 1.29 is 9.53 Å². The second kappa shape index (κ2) is 7.87. The van der Waals surface area contributed by atoms with Gasteiger partial charge in [-0.15, -0.1) is 0 Å². The number of hydrogen-bond donors (Lipinski definition) is 1. The Labute approximate surface area is 152 Å². The largest absolute Gasteiger partial charge is 0.494 e. The molecule has 0 radical (unpaired) electrons. The minimum atomic E-state index is -0.121. The van der Waals surface area contributed by atoms with Crippen molar-refractivity contribution in [1.82, 2.24) is 9.88 Å². The molecule has 5 heteroatoms. The number of fused-ring (bicyclic) bond motifs is 1. The molecule has 0 aliphatic heterocycles. The van der Waals surface area contributed by atoms with Crippen molar-refractivity contribution in [3.8, 4) is 5.75 Å². The van der Waals surface area contributed by atoms with Gasteiger partial charge >= 0.3 is 0 Å². The molecule has 1 unspecified atom stereocenters. The number of pyridine rings is 1. The third kappa shape index (κ3) is 3.94. The maximum absolute atomic E-state index is 12.5. The number of nitrogens with one attached hydrogen (secondary N) is 1. The van der Waals surface area contributed by atoms with Gasteiger partial charge in [0.1, 0.15) is 12.3 Å². The van der Waals surface area contributed by atoms with Gasteiger partial charge in [-0.05, 0) is 43.7 Å². The van der Waals surface area contributed by atoms with Crippen LogP contribution in [0.1, 0.15) is 25.5 Å². The van der Waals surface area contributed by atoms with Gasteiger partial charge < -0.3 is 14.6 Å². The predicted molar refractivity (Wildman–Crippen MR) is 102 cm³/mol. The molecule has 0 fully saturated rings. The van der Waals surface area contributed by atoms with Gasteiger partial charge in [-0.1, -0.05) is 24.3 Å². The molecule has 1 amide bonds. The molecule has 3 rings (SSSR count). The lowest BCUT2D eigenvalue weighted by Crippen LogP contribution is -2.30. The van der Waals surface area contributed by atoms with Crippen molar-refractivity contribution in [3.05, 3.63) is 76.6 Å². The third-order valence-electron chi connectivity index (χ3n) is 4.27. The number of rotatable bonds is 6. The first-order chi connectivity index (χ1) is 12.6. The van der Waals surface area contributed by atoms with Crippen LogP contribution in [0.4, 0.5) is 0 Å². The smallest absolute Gasteiger partial charge is 0.240 e. The van der Waals surface area contributed by atoms with Gasteiger partial charge in [0, 0.05) is 17.6 Å². The zero-order chi connectivity index (χ0) is 18.5. The Kier molecular flexibility index (Phi) is 5.37. The lowest BCUT2D eigenvalue weighted by atomic mass is 10.1. The fraction of sp³-hybridized carbons (Fsp3) is 0.238. The molecule has 1 atom stereocenters. The second-order valence-electron chi connectivity index (χ2n) is 6.12. The van der Waals surface area contributed by atoms with E-state index >= 15 is 0 Å². The number of carbonyl (C=O) groups is 1. The molecule has 0 bridgehead atoms. The SMILES string of the molecule is CCOc1ccc(C(C)NC(=O)Cn2ccc(=O)c3ccccc32)cc1. The first-order valence-corrected chi connectivity index (χ1v) is 8.69. The molecule has 2 aromatic carbocycles. The van der Waals surface area contributed by atoms with Crippen molar-refractivity contribution in [2.45, 2.75) is 26.4 Å². The fourth-order valence-electron chi connectivity index (χ4n) is 2.94. The summed E-state index contributed by atoms with van der Waals surface area (Å²) in [7, 11) is 0. The van der Waals surface area contributed by atoms with E-state index in [0.717, 1.165) is 16.8 Å². The van der Waals surface area contributed by atoms with E-state index in [1.54, 1.807) is 16.8 Å². The Hall–Kier alpha value is -3.08. The summed E-state index contributed by atoms with van der Waals surface area (Å²) in [5.74, 6) is 0.703. The van der Waals surface area contributed by atoms with Crippen molar-refractivity contribution in [1.29, 1.82) is 0 Å². The Balaban J connectivity index is 1.71. The number of hydrogen-bond acceptors (Lipinski definition) is 3. The Bertz CT molecular complexity index is 961. The number of aromatic nitrogens is 1. The molecule has 26 heavy (non-hydrogen) atoms.